The highest BCUT2D eigenvalue weighted by Gasteiger charge is 2.16. The molecule has 2 aromatic rings. The molecule has 0 aliphatic heterocycles. The Balaban J connectivity index is 2.07. The van der Waals surface area contributed by atoms with Gasteiger partial charge in [-0.3, -0.25) is 9.59 Å². The quantitative estimate of drug-likeness (QED) is 0.566. The molecule has 0 aliphatic carbocycles. The molecule has 0 bridgehead atoms. The minimum absolute atomic E-state index is 0.0444. The summed E-state index contributed by atoms with van der Waals surface area (Å²) in [6, 6.07) is 14.2. The van der Waals surface area contributed by atoms with Crippen LogP contribution < -0.4 is 15.5 Å². The number of nitrogens with one attached hydrogen (secondary N) is 1. The third-order valence-electron chi connectivity index (χ3n) is 4.36. The van der Waals surface area contributed by atoms with Gasteiger partial charge in [0.15, 0.2) is 0 Å². The first-order valence-electron chi connectivity index (χ1n) is 9.46. The average molecular weight is 403 g/mol. The first-order valence-corrected chi connectivity index (χ1v) is 9.46. The Hall–Kier alpha value is -2.90. The zero-order valence-electron chi connectivity index (χ0n) is 16.2. The number of alkyl halides is 2. The SMILES string of the molecule is Bc1ccc(OC(CCCC(F)F)c2ccc(C(=O)NCCC(=O)O)cc2)cc1. The molecule has 29 heavy (non-hydrogen) atoms. The molecule has 8 heteroatoms. The zero-order chi connectivity index (χ0) is 21.2. The lowest BCUT2D eigenvalue weighted by Gasteiger charge is -2.20. The van der Waals surface area contributed by atoms with Crippen molar-refractivity contribution in [1.29, 1.82) is 0 Å². The number of aliphatic carboxylic acids is 1. The Morgan fingerprint density at radius 2 is 1.69 bits per heavy atom. The van der Waals surface area contributed by atoms with E-state index in [-0.39, 0.29) is 25.3 Å². The highest BCUT2D eigenvalue weighted by atomic mass is 19.3. The van der Waals surface area contributed by atoms with Crippen LogP contribution in [0.25, 0.3) is 0 Å². The van der Waals surface area contributed by atoms with Crippen LogP contribution in [-0.2, 0) is 4.79 Å². The number of benzene rings is 2. The van der Waals surface area contributed by atoms with Crippen LogP contribution in [-0.4, -0.2) is 37.8 Å². The van der Waals surface area contributed by atoms with Crippen molar-refractivity contribution < 1.29 is 28.2 Å². The second-order valence-corrected chi connectivity index (χ2v) is 6.76. The molecule has 0 fully saturated rings. The number of carboxylic acids is 1. The maximum Gasteiger partial charge on any atom is 0.305 e. The van der Waals surface area contributed by atoms with Gasteiger partial charge in [-0.15, -0.1) is 0 Å². The number of rotatable bonds is 11. The molecular formula is C21H24BF2NO4. The molecule has 0 saturated carbocycles. The fraction of sp³-hybridized carbons (Fsp3) is 0.333. The van der Waals surface area contributed by atoms with Crippen molar-refractivity contribution in [3.8, 4) is 5.75 Å². The van der Waals surface area contributed by atoms with Crippen molar-refractivity contribution in [3.63, 3.8) is 0 Å². The van der Waals surface area contributed by atoms with Crippen molar-refractivity contribution in [3.05, 3.63) is 59.7 Å². The summed E-state index contributed by atoms with van der Waals surface area (Å²) < 4.78 is 31.1. The zero-order valence-corrected chi connectivity index (χ0v) is 16.2. The van der Waals surface area contributed by atoms with Crippen molar-refractivity contribution in [2.75, 3.05) is 6.54 Å². The van der Waals surface area contributed by atoms with E-state index in [1.165, 1.54) is 0 Å². The van der Waals surface area contributed by atoms with Crippen LogP contribution in [0, 0.1) is 0 Å². The Morgan fingerprint density at radius 3 is 2.28 bits per heavy atom. The predicted molar refractivity (Wildman–Crippen MR) is 109 cm³/mol. The van der Waals surface area contributed by atoms with Gasteiger partial charge >= 0.3 is 5.97 Å². The normalized spacial score (nSPS) is 11.8. The van der Waals surface area contributed by atoms with Crippen LogP contribution in [0.5, 0.6) is 5.75 Å². The number of carbonyl (C=O) groups excluding carboxylic acids is 1. The monoisotopic (exact) mass is 403 g/mol. The minimum Gasteiger partial charge on any atom is -0.486 e. The van der Waals surface area contributed by atoms with E-state index in [0.717, 1.165) is 11.0 Å². The number of hydrogen-bond donors (Lipinski definition) is 2. The number of amides is 1. The van der Waals surface area contributed by atoms with Gasteiger partial charge in [-0.25, -0.2) is 8.78 Å². The first kappa shape index (κ1) is 22.4. The molecule has 1 unspecified atom stereocenters. The van der Waals surface area contributed by atoms with Crippen molar-refractivity contribution in [2.24, 2.45) is 0 Å². The largest absolute Gasteiger partial charge is 0.486 e. The Morgan fingerprint density at radius 1 is 1.03 bits per heavy atom. The van der Waals surface area contributed by atoms with Crippen LogP contribution in [0.2, 0.25) is 0 Å². The van der Waals surface area contributed by atoms with Gasteiger partial charge < -0.3 is 15.2 Å². The van der Waals surface area contributed by atoms with Gasteiger partial charge in [-0.05, 0) is 42.7 Å². The number of ether oxygens (including phenoxy) is 1. The molecule has 2 rings (SSSR count). The Bertz CT molecular complexity index is 797. The highest BCUT2D eigenvalue weighted by Crippen LogP contribution is 2.27. The van der Waals surface area contributed by atoms with Crippen molar-refractivity contribution >= 4 is 25.2 Å². The van der Waals surface area contributed by atoms with E-state index in [9.17, 15) is 18.4 Å². The molecule has 5 nitrogen and oxygen atoms in total. The van der Waals surface area contributed by atoms with Crippen LogP contribution in [0.1, 0.15) is 47.7 Å². The predicted octanol–water partition coefficient (Wildman–Crippen LogP) is 2.71. The van der Waals surface area contributed by atoms with E-state index in [4.69, 9.17) is 9.84 Å². The Labute approximate surface area is 169 Å². The topological polar surface area (TPSA) is 75.6 Å². The van der Waals surface area contributed by atoms with Crippen LogP contribution in [0.15, 0.2) is 48.5 Å². The minimum atomic E-state index is -2.35. The highest BCUT2D eigenvalue weighted by molar-refractivity contribution is 6.32. The van der Waals surface area contributed by atoms with Gasteiger partial charge in [0.1, 0.15) is 19.7 Å². The number of hydrogen-bond acceptors (Lipinski definition) is 3. The number of carboxylic acid groups (broad SMARTS) is 1. The molecule has 0 heterocycles. The molecule has 0 spiro atoms. The fourth-order valence-corrected chi connectivity index (χ4v) is 2.77. The van der Waals surface area contributed by atoms with Crippen LogP contribution in [0.4, 0.5) is 8.78 Å². The molecular weight excluding hydrogens is 379 g/mol. The second kappa shape index (κ2) is 11.2. The molecule has 0 radical (unpaired) electrons. The molecule has 2 N–H and O–H groups in total. The van der Waals surface area contributed by atoms with Crippen LogP contribution >= 0.6 is 0 Å². The summed E-state index contributed by atoms with van der Waals surface area (Å²) >= 11 is 0. The number of halogens is 2. The summed E-state index contributed by atoms with van der Waals surface area (Å²) in [6.45, 7) is 0.0444. The smallest absolute Gasteiger partial charge is 0.305 e. The third kappa shape index (κ3) is 7.93. The summed E-state index contributed by atoms with van der Waals surface area (Å²) in [7, 11) is 1.96. The van der Waals surface area contributed by atoms with E-state index in [1.807, 2.05) is 32.1 Å². The Kier molecular flexibility index (Phi) is 8.64. The van der Waals surface area contributed by atoms with E-state index in [1.54, 1.807) is 24.3 Å². The maximum atomic E-state index is 12.5. The van der Waals surface area contributed by atoms with Crippen LogP contribution in [0.3, 0.4) is 0 Å². The van der Waals surface area contributed by atoms with Crippen molar-refractivity contribution in [1.82, 2.24) is 5.32 Å². The van der Waals surface area contributed by atoms with Gasteiger partial charge in [-0.1, -0.05) is 29.7 Å². The summed E-state index contributed by atoms with van der Waals surface area (Å²) in [5, 5.41) is 11.2. The molecule has 0 aromatic heterocycles. The molecule has 1 amide bonds. The fourth-order valence-electron chi connectivity index (χ4n) is 2.77. The number of carbonyl (C=O) groups is 2. The first-order chi connectivity index (χ1) is 13.8. The maximum absolute atomic E-state index is 12.5. The van der Waals surface area contributed by atoms with Gasteiger partial charge in [0.25, 0.3) is 5.91 Å². The van der Waals surface area contributed by atoms with Gasteiger partial charge in [0.2, 0.25) is 6.43 Å². The van der Waals surface area contributed by atoms with Gasteiger partial charge in [0, 0.05) is 18.5 Å². The molecule has 0 saturated heterocycles. The molecule has 0 aliphatic rings. The molecule has 154 valence electrons. The second-order valence-electron chi connectivity index (χ2n) is 6.76. The molecule has 1 atom stereocenters. The lowest BCUT2D eigenvalue weighted by Crippen LogP contribution is -2.26. The lowest BCUT2D eigenvalue weighted by molar-refractivity contribution is -0.136. The summed E-state index contributed by atoms with van der Waals surface area (Å²) in [5.41, 5.74) is 2.26. The standard InChI is InChI=1S/C21H24BF2NO4/c22-16-8-10-17(11-9-16)29-18(2-1-3-19(23)24)14-4-6-15(7-5-14)21(28)25-13-12-20(26)27/h4-11,18-19H,1-3,12-13,22H2,(H,25,28)(H,26,27). The molecule has 2 aromatic carbocycles. The lowest BCUT2D eigenvalue weighted by atomic mass is 9.96. The van der Waals surface area contributed by atoms with E-state index in [2.05, 4.69) is 5.32 Å². The van der Waals surface area contributed by atoms with E-state index < -0.39 is 18.5 Å². The summed E-state index contributed by atoms with van der Waals surface area (Å²) in [5.74, 6) is -0.708. The van der Waals surface area contributed by atoms with E-state index >= 15 is 0 Å². The van der Waals surface area contributed by atoms with E-state index in [0.29, 0.717) is 24.2 Å². The summed E-state index contributed by atoms with van der Waals surface area (Å²) in [4.78, 5) is 22.6. The van der Waals surface area contributed by atoms with Gasteiger partial charge in [-0.2, -0.15) is 0 Å². The van der Waals surface area contributed by atoms with Crippen molar-refractivity contribution in [2.45, 2.75) is 38.2 Å². The third-order valence-corrected chi connectivity index (χ3v) is 4.36. The summed E-state index contributed by atoms with van der Waals surface area (Å²) in [6.07, 6.45) is -2.39. The average Bonchev–Trinajstić information content (AvgIpc) is 2.68. The van der Waals surface area contributed by atoms with Gasteiger partial charge in [0.05, 0.1) is 6.42 Å².